The molecule has 2 nitrogen and oxygen atoms in total. The lowest BCUT2D eigenvalue weighted by Gasteiger charge is -2.16. The van der Waals surface area contributed by atoms with Crippen LogP contribution in [0, 0.1) is 11.8 Å². The highest BCUT2D eigenvalue weighted by molar-refractivity contribution is 7.17. The number of carbonyl (C=O) groups excluding carboxylic acids is 1. The van der Waals surface area contributed by atoms with E-state index < -0.39 is 0 Å². The molecule has 96 valence electrons. The fourth-order valence-electron chi connectivity index (χ4n) is 2.29. The van der Waals surface area contributed by atoms with Crippen LogP contribution >= 0.6 is 11.3 Å². The zero-order chi connectivity index (χ0) is 13.1. The average molecular weight is 261 g/mol. The molecule has 2 N–H and O–H groups in total. The van der Waals surface area contributed by atoms with Crippen molar-refractivity contribution in [1.29, 1.82) is 0 Å². The van der Waals surface area contributed by atoms with Crippen molar-refractivity contribution in [2.24, 2.45) is 17.6 Å². The Morgan fingerprint density at radius 1 is 1.33 bits per heavy atom. The van der Waals surface area contributed by atoms with E-state index in [1.54, 1.807) is 11.3 Å². The van der Waals surface area contributed by atoms with Gasteiger partial charge in [0.05, 0.1) is 0 Å². The van der Waals surface area contributed by atoms with Crippen LogP contribution < -0.4 is 5.73 Å². The smallest absolute Gasteiger partial charge is 0.168 e. The molecule has 2 rings (SSSR count). The number of Topliss-reactive ketones (excluding diaryl/α,β-unsaturated/α-hetero) is 1. The second-order valence-corrected chi connectivity index (χ2v) is 5.99. The lowest BCUT2D eigenvalue weighted by molar-refractivity contribution is 0.0910. The summed E-state index contributed by atoms with van der Waals surface area (Å²) in [7, 11) is 0. The molecule has 18 heavy (non-hydrogen) atoms. The number of hydrogen-bond acceptors (Lipinski definition) is 3. The first kappa shape index (κ1) is 13.2. The monoisotopic (exact) mass is 261 g/mol. The molecule has 0 bridgehead atoms. The summed E-state index contributed by atoms with van der Waals surface area (Å²) in [6.07, 6.45) is 0.858. The minimum atomic E-state index is -0.0577. The van der Waals surface area contributed by atoms with Crippen molar-refractivity contribution in [3.8, 4) is 0 Å². The number of thiophene rings is 1. The van der Waals surface area contributed by atoms with Crippen LogP contribution in [0.25, 0.3) is 10.1 Å². The van der Waals surface area contributed by atoms with Crippen LogP contribution in [0.2, 0.25) is 0 Å². The number of rotatable bonds is 5. The molecule has 0 fully saturated rings. The number of fused-ring (bicyclic) bond motifs is 1. The summed E-state index contributed by atoms with van der Waals surface area (Å²) in [6, 6.07) is 7.97. The third-order valence-electron chi connectivity index (χ3n) is 3.16. The van der Waals surface area contributed by atoms with Gasteiger partial charge in [0.15, 0.2) is 5.78 Å². The predicted octanol–water partition coefficient (Wildman–Crippen LogP) is 3.71. The summed E-state index contributed by atoms with van der Waals surface area (Å²) in [4.78, 5) is 12.6. The molecule has 1 aromatic heterocycles. The number of nitrogens with two attached hydrogens (primary N) is 1. The van der Waals surface area contributed by atoms with E-state index in [1.165, 1.54) is 0 Å². The molecular formula is C15H19NOS. The standard InChI is InChI=1S/C15H19NOS/c1-10(2)8-12(9-16)14(17)13-5-3-4-11-6-7-18-15(11)13/h3-7,10,12H,8-9,16H2,1-2H3. The van der Waals surface area contributed by atoms with E-state index in [1.807, 2.05) is 23.6 Å². The second-order valence-electron chi connectivity index (χ2n) is 5.07. The molecule has 1 aromatic carbocycles. The number of benzene rings is 1. The van der Waals surface area contributed by atoms with Gasteiger partial charge in [0.1, 0.15) is 0 Å². The molecular weight excluding hydrogens is 242 g/mol. The fourth-order valence-corrected chi connectivity index (χ4v) is 3.20. The Balaban J connectivity index is 2.35. The van der Waals surface area contributed by atoms with E-state index in [0.29, 0.717) is 12.5 Å². The first-order valence-corrected chi connectivity index (χ1v) is 7.22. The maximum Gasteiger partial charge on any atom is 0.168 e. The SMILES string of the molecule is CC(C)CC(CN)C(=O)c1cccc2ccsc12. The molecule has 0 aliphatic carbocycles. The molecule has 0 amide bonds. The van der Waals surface area contributed by atoms with Crippen LogP contribution in [-0.2, 0) is 0 Å². The summed E-state index contributed by atoms with van der Waals surface area (Å²) in [5.41, 5.74) is 6.59. The molecule has 0 saturated carbocycles. The maximum absolute atomic E-state index is 12.6. The topological polar surface area (TPSA) is 43.1 Å². The van der Waals surface area contributed by atoms with Crippen LogP contribution in [0.15, 0.2) is 29.6 Å². The van der Waals surface area contributed by atoms with Crippen LogP contribution in [0.4, 0.5) is 0 Å². The fraction of sp³-hybridized carbons (Fsp3) is 0.400. The van der Waals surface area contributed by atoms with Crippen LogP contribution in [0.1, 0.15) is 30.6 Å². The lowest BCUT2D eigenvalue weighted by Crippen LogP contribution is -2.25. The lowest BCUT2D eigenvalue weighted by atomic mass is 9.89. The van der Waals surface area contributed by atoms with Crippen molar-refractivity contribution >= 4 is 27.2 Å². The molecule has 1 unspecified atom stereocenters. The van der Waals surface area contributed by atoms with Crippen molar-refractivity contribution in [2.75, 3.05) is 6.54 Å². The second kappa shape index (κ2) is 5.63. The molecule has 0 aliphatic rings. The molecule has 0 radical (unpaired) electrons. The molecule has 3 heteroatoms. The summed E-state index contributed by atoms with van der Waals surface area (Å²) >= 11 is 1.63. The Kier molecular flexibility index (Phi) is 4.15. The molecule has 1 atom stereocenters. The van der Waals surface area contributed by atoms with Gasteiger partial charge in [0.2, 0.25) is 0 Å². The Bertz CT molecular complexity index is 544. The zero-order valence-electron chi connectivity index (χ0n) is 10.8. The normalized spacial score (nSPS) is 13.1. The molecule has 0 saturated heterocycles. The van der Waals surface area contributed by atoms with E-state index in [9.17, 15) is 4.79 Å². The number of ketones is 1. The minimum Gasteiger partial charge on any atom is -0.330 e. The van der Waals surface area contributed by atoms with Gasteiger partial charge in [0, 0.05) is 22.7 Å². The third kappa shape index (κ3) is 2.62. The van der Waals surface area contributed by atoms with Crippen molar-refractivity contribution in [1.82, 2.24) is 0 Å². The van der Waals surface area contributed by atoms with Gasteiger partial charge >= 0.3 is 0 Å². The van der Waals surface area contributed by atoms with Crippen molar-refractivity contribution in [3.63, 3.8) is 0 Å². The molecule has 0 aliphatic heterocycles. The van der Waals surface area contributed by atoms with Crippen LogP contribution in [-0.4, -0.2) is 12.3 Å². The zero-order valence-corrected chi connectivity index (χ0v) is 11.7. The van der Waals surface area contributed by atoms with Crippen LogP contribution in [0.5, 0.6) is 0 Å². The first-order valence-electron chi connectivity index (χ1n) is 6.34. The average Bonchev–Trinajstić information content (AvgIpc) is 2.82. The minimum absolute atomic E-state index is 0.0577. The van der Waals surface area contributed by atoms with E-state index in [-0.39, 0.29) is 11.7 Å². The van der Waals surface area contributed by atoms with E-state index in [4.69, 9.17) is 5.73 Å². The van der Waals surface area contributed by atoms with Crippen molar-refractivity contribution in [2.45, 2.75) is 20.3 Å². The van der Waals surface area contributed by atoms with Crippen molar-refractivity contribution < 1.29 is 4.79 Å². The molecule has 1 heterocycles. The van der Waals surface area contributed by atoms with Crippen molar-refractivity contribution in [3.05, 3.63) is 35.2 Å². The van der Waals surface area contributed by atoms with E-state index >= 15 is 0 Å². The van der Waals surface area contributed by atoms with Gasteiger partial charge in [-0.2, -0.15) is 0 Å². The van der Waals surface area contributed by atoms with Gasteiger partial charge in [-0.05, 0) is 35.2 Å². The summed E-state index contributed by atoms with van der Waals surface area (Å²) < 4.78 is 1.09. The third-order valence-corrected chi connectivity index (χ3v) is 4.12. The van der Waals surface area contributed by atoms with Gasteiger partial charge in [-0.25, -0.2) is 0 Å². The van der Waals surface area contributed by atoms with E-state index in [0.717, 1.165) is 22.1 Å². The summed E-state index contributed by atoms with van der Waals surface area (Å²) in [5, 5.41) is 3.17. The highest BCUT2D eigenvalue weighted by Gasteiger charge is 2.21. The van der Waals surface area contributed by atoms with Gasteiger partial charge in [0.25, 0.3) is 0 Å². The quantitative estimate of drug-likeness (QED) is 0.834. The van der Waals surface area contributed by atoms with Crippen LogP contribution in [0.3, 0.4) is 0 Å². The number of carbonyl (C=O) groups is 1. The molecule has 2 aromatic rings. The predicted molar refractivity (Wildman–Crippen MR) is 78.2 cm³/mol. The first-order chi connectivity index (χ1) is 8.63. The Morgan fingerprint density at radius 2 is 2.11 bits per heavy atom. The van der Waals surface area contributed by atoms with Gasteiger partial charge in [-0.15, -0.1) is 11.3 Å². The Labute approximate surface area is 112 Å². The maximum atomic E-state index is 12.6. The summed E-state index contributed by atoms with van der Waals surface area (Å²) in [6.45, 7) is 4.68. The van der Waals surface area contributed by atoms with Gasteiger partial charge < -0.3 is 5.73 Å². The van der Waals surface area contributed by atoms with Gasteiger partial charge in [-0.3, -0.25) is 4.79 Å². The number of hydrogen-bond donors (Lipinski definition) is 1. The largest absolute Gasteiger partial charge is 0.330 e. The Hall–Kier alpha value is -1.19. The highest BCUT2D eigenvalue weighted by atomic mass is 32.1. The van der Waals surface area contributed by atoms with Gasteiger partial charge in [-0.1, -0.05) is 26.0 Å². The van der Waals surface area contributed by atoms with E-state index in [2.05, 4.69) is 19.9 Å². The Morgan fingerprint density at radius 3 is 2.78 bits per heavy atom. The molecule has 0 spiro atoms. The summed E-state index contributed by atoms with van der Waals surface area (Å²) in [5.74, 6) is 0.627. The highest BCUT2D eigenvalue weighted by Crippen LogP contribution is 2.27.